The highest BCUT2D eigenvalue weighted by molar-refractivity contribution is 7.91. The summed E-state index contributed by atoms with van der Waals surface area (Å²) in [5.41, 5.74) is 5.54. The van der Waals surface area contributed by atoms with Gasteiger partial charge in [0, 0.05) is 12.6 Å². The minimum absolute atomic E-state index is 0.0453. The lowest BCUT2D eigenvalue weighted by Crippen LogP contribution is -2.52. The van der Waals surface area contributed by atoms with Crippen LogP contribution in [0.4, 0.5) is 5.69 Å². The molecule has 0 amide bonds. The third-order valence-corrected chi connectivity index (χ3v) is 7.04. The number of nitrogens with two attached hydrogens (primary N) is 1. The maximum Gasteiger partial charge on any atom is 0.300 e. The average molecular weight is 340 g/mol. The second-order valence-electron chi connectivity index (χ2n) is 4.71. The van der Waals surface area contributed by atoms with E-state index in [1.807, 2.05) is 6.92 Å². The molecule has 2 rings (SSSR count). The topological polar surface area (TPSA) is 107 Å². The molecule has 7 nitrogen and oxygen atoms in total. The minimum Gasteiger partial charge on any atom is -0.315 e. The van der Waals surface area contributed by atoms with E-state index in [0.717, 1.165) is 18.9 Å². The Kier molecular flexibility index (Phi) is 4.35. The highest BCUT2D eigenvalue weighted by atomic mass is 35.5. The SMILES string of the molecule is CC1CCCN(S(=O)(=O)c2cc([N+](=O)[O-])c(Cl)s2)C1N. The molecule has 1 aromatic heterocycles. The molecule has 0 aliphatic carbocycles. The molecule has 1 fully saturated rings. The molecule has 0 bridgehead atoms. The van der Waals surface area contributed by atoms with Crippen molar-refractivity contribution in [2.24, 2.45) is 11.7 Å². The fourth-order valence-corrected chi connectivity index (χ4v) is 5.60. The highest BCUT2D eigenvalue weighted by Gasteiger charge is 2.37. The van der Waals surface area contributed by atoms with Crippen LogP contribution in [-0.2, 0) is 10.0 Å². The molecule has 1 aliphatic heterocycles. The molecule has 112 valence electrons. The van der Waals surface area contributed by atoms with Gasteiger partial charge in [0.15, 0.2) is 4.34 Å². The summed E-state index contributed by atoms with van der Waals surface area (Å²) in [4.78, 5) is 10.1. The van der Waals surface area contributed by atoms with Crippen molar-refractivity contribution in [3.05, 3.63) is 20.5 Å². The zero-order chi connectivity index (χ0) is 15.1. The van der Waals surface area contributed by atoms with E-state index in [0.29, 0.717) is 17.9 Å². The van der Waals surface area contributed by atoms with E-state index >= 15 is 0 Å². The fourth-order valence-electron chi connectivity index (χ4n) is 2.16. The van der Waals surface area contributed by atoms with E-state index in [-0.39, 0.29) is 14.5 Å². The predicted octanol–water partition coefficient (Wildman–Crippen LogP) is 2.02. The summed E-state index contributed by atoms with van der Waals surface area (Å²) >= 11 is 6.40. The van der Waals surface area contributed by atoms with Crippen molar-refractivity contribution in [3.63, 3.8) is 0 Å². The average Bonchev–Trinajstić information content (AvgIpc) is 2.75. The van der Waals surface area contributed by atoms with Crippen LogP contribution in [0.15, 0.2) is 10.3 Å². The molecule has 0 radical (unpaired) electrons. The Hall–Kier alpha value is -0.740. The number of halogens is 1. The smallest absolute Gasteiger partial charge is 0.300 e. The minimum atomic E-state index is -3.84. The Morgan fingerprint density at radius 3 is 2.80 bits per heavy atom. The summed E-state index contributed by atoms with van der Waals surface area (Å²) in [5, 5.41) is 10.7. The quantitative estimate of drug-likeness (QED) is 0.669. The number of hydrogen-bond donors (Lipinski definition) is 1. The summed E-state index contributed by atoms with van der Waals surface area (Å²) in [5.74, 6) is 0.0453. The Balaban J connectivity index is 2.40. The molecular formula is C10H14ClN3O4S2. The summed E-state index contributed by atoms with van der Waals surface area (Å²) in [6, 6.07) is 0.994. The van der Waals surface area contributed by atoms with E-state index in [1.165, 1.54) is 4.31 Å². The maximum atomic E-state index is 12.5. The number of nitrogens with zero attached hydrogens (tertiary/aromatic N) is 2. The van der Waals surface area contributed by atoms with Gasteiger partial charge in [0.2, 0.25) is 0 Å². The molecule has 2 N–H and O–H groups in total. The van der Waals surface area contributed by atoms with Gasteiger partial charge < -0.3 is 5.73 Å². The summed E-state index contributed by atoms with van der Waals surface area (Å²) in [6.07, 6.45) is 0.960. The molecule has 1 aromatic rings. The Labute approximate surface area is 125 Å². The lowest BCUT2D eigenvalue weighted by Gasteiger charge is -2.35. The van der Waals surface area contributed by atoms with Gasteiger partial charge in [-0.15, -0.1) is 11.3 Å². The second kappa shape index (κ2) is 5.57. The summed E-state index contributed by atoms with van der Waals surface area (Å²) in [7, 11) is -3.84. The van der Waals surface area contributed by atoms with Crippen LogP contribution in [0.1, 0.15) is 19.8 Å². The fraction of sp³-hybridized carbons (Fsp3) is 0.600. The molecule has 10 heteroatoms. The zero-order valence-corrected chi connectivity index (χ0v) is 13.0. The van der Waals surface area contributed by atoms with Gasteiger partial charge in [-0.2, -0.15) is 4.31 Å². The van der Waals surface area contributed by atoms with E-state index in [4.69, 9.17) is 17.3 Å². The first kappa shape index (κ1) is 15.6. The molecule has 20 heavy (non-hydrogen) atoms. The van der Waals surface area contributed by atoms with Crippen molar-refractivity contribution in [3.8, 4) is 0 Å². The largest absolute Gasteiger partial charge is 0.315 e. The Bertz CT molecular complexity index is 630. The van der Waals surface area contributed by atoms with Gasteiger partial charge in [-0.1, -0.05) is 18.5 Å². The number of nitro groups is 1. The van der Waals surface area contributed by atoms with Crippen molar-refractivity contribution in [2.75, 3.05) is 6.54 Å². The number of sulfonamides is 1. The van der Waals surface area contributed by atoms with Crippen LogP contribution in [0, 0.1) is 16.0 Å². The molecule has 1 aliphatic rings. The van der Waals surface area contributed by atoms with Crippen LogP contribution in [0.2, 0.25) is 4.34 Å². The van der Waals surface area contributed by atoms with Crippen molar-refractivity contribution in [1.29, 1.82) is 0 Å². The third kappa shape index (κ3) is 2.68. The standard InChI is InChI=1S/C10H14ClN3O4S2/c1-6-3-2-4-13(10(6)12)20(17,18)8-5-7(14(15)16)9(11)19-8/h5-6,10H,2-4,12H2,1H3. The third-order valence-electron chi connectivity index (χ3n) is 3.36. The van der Waals surface area contributed by atoms with Crippen molar-refractivity contribution in [2.45, 2.75) is 30.1 Å². The first-order valence-electron chi connectivity index (χ1n) is 5.96. The van der Waals surface area contributed by atoms with E-state index in [1.54, 1.807) is 0 Å². The molecule has 0 spiro atoms. The molecule has 2 atom stereocenters. The first-order chi connectivity index (χ1) is 9.25. The molecule has 2 unspecified atom stereocenters. The summed E-state index contributed by atoms with van der Waals surface area (Å²) < 4.78 is 25.9. The van der Waals surface area contributed by atoms with Gasteiger partial charge in [0.05, 0.1) is 11.1 Å². The van der Waals surface area contributed by atoms with Gasteiger partial charge in [-0.25, -0.2) is 8.42 Å². The number of hydrogen-bond acceptors (Lipinski definition) is 6. The van der Waals surface area contributed by atoms with Gasteiger partial charge >= 0.3 is 0 Å². The van der Waals surface area contributed by atoms with Crippen LogP contribution in [-0.4, -0.2) is 30.4 Å². The van der Waals surface area contributed by atoms with Gasteiger partial charge in [-0.05, 0) is 18.8 Å². The molecule has 0 saturated carbocycles. The Morgan fingerprint density at radius 2 is 2.25 bits per heavy atom. The lowest BCUT2D eigenvalue weighted by molar-refractivity contribution is -0.384. The molecular weight excluding hydrogens is 326 g/mol. The van der Waals surface area contributed by atoms with Crippen molar-refractivity contribution >= 4 is 38.6 Å². The van der Waals surface area contributed by atoms with Crippen LogP contribution < -0.4 is 5.73 Å². The van der Waals surface area contributed by atoms with Crippen molar-refractivity contribution in [1.82, 2.24) is 4.31 Å². The zero-order valence-electron chi connectivity index (χ0n) is 10.7. The molecule has 0 aromatic carbocycles. The van der Waals surface area contributed by atoms with Crippen LogP contribution in [0.25, 0.3) is 0 Å². The van der Waals surface area contributed by atoms with E-state index in [9.17, 15) is 18.5 Å². The lowest BCUT2D eigenvalue weighted by atomic mass is 9.99. The van der Waals surface area contributed by atoms with Crippen LogP contribution in [0.5, 0.6) is 0 Å². The van der Waals surface area contributed by atoms with Gasteiger partial charge in [0.1, 0.15) is 4.21 Å². The summed E-state index contributed by atoms with van der Waals surface area (Å²) in [6.45, 7) is 2.20. The van der Waals surface area contributed by atoms with Gasteiger partial charge in [0.25, 0.3) is 15.7 Å². The monoisotopic (exact) mass is 339 g/mol. The Morgan fingerprint density at radius 1 is 1.60 bits per heavy atom. The second-order valence-corrected chi connectivity index (χ2v) is 8.48. The van der Waals surface area contributed by atoms with Crippen molar-refractivity contribution < 1.29 is 13.3 Å². The van der Waals surface area contributed by atoms with Crippen LogP contribution >= 0.6 is 22.9 Å². The normalized spacial score (nSPS) is 24.8. The van der Waals surface area contributed by atoms with Crippen LogP contribution in [0.3, 0.4) is 0 Å². The van der Waals surface area contributed by atoms with Gasteiger partial charge in [-0.3, -0.25) is 10.1 Å². The van der Waals surface area contributed by atoms with E-state index < -0.39 is 26.8 Å². The van der Waals surface area contributed by atoms with E-state index in [2.05, 4.69) is 0 Å². The molecule has 2 heterocycles. The number of thiophene rings is 1. The number of rotatable bonds is 3. The maximum absolute atomic E-state index is 12.5. The predicted molar refractivity (Wildman–Crippen MR) is 76.2 cm³/mol. The highest BCUT2D eigenvalue weighted by Crippen LogP contribution is 2.38. The first-order valence-corrected chi connectivity index (χ1v) is 8.59. The number of piperidine rings is 1. The molecule has 1 saturated heterocycles.